The highest BCUT2D eigenvalue weighted by Crippen LogP contribution is 2.26. The fraction of sp³-hybridized carbons (Fsp3) is 0.222. The third kappa shape index (κ3) is 4.24. The molecule has 0 aliphatic carbocycles. The van der Waals surface area contributed by atoms with Crippen LogP contribution in [-0.4, -0.2) is 43.8 Å². The van der Waals surface area contributed by atoms with E-state index >= 15 is 0 Å². The van der Waals surface area contributed by atoms with Crippen LogP contribution in [-0.2, 0) is 0 Å². The first-order chi connectivity index (χ1) is 13.2. The van der Waals surface area contributed by atoms with Gasteiger partial charge in [-0.2, -0.15) is 0 Å². The minimum Gasteiger partial charge on any atom is -0.396 e. The van der Waals surface area contributed by atoms with Crippen LogP contribution in [0, 0.1) is 20.2 Å². The van der Waals surface area contributed by atoms with Crippen molar-refractivity contribution in [1.82, 2.24) is 0 Å². The molecule has 0 saturated carbocycles. The van der Waals surface area contributed by atoms with Crippen molar-refractivity contribution in [2.45, 2.75) is 18.4 Å². The highest BCUT2D eigenvalue weighted by atomic mass is 16.6. The summed E-state index contributed by atoms with van der Waals surface area (Å²) in [6, 6.07) is 8.74. The molecule has 0 spiro atoms. The number of carbonyl (C=O) groups excluding carboxylic acids is 2. The Morgan fingerprint density at radius 1 is 0.821 bits per heavy atom. The maximum absolute atomic E-state index is 12.8. The van der Waals surface area contributed by atoms with Crippen molar-refractivity contribution in [3.63, 3.8) is 0 Å². The molecule has 0 aromatic heterocycles. The maximum Gasteiger partial charge on any atom is 0.269 e. The molecule has 2 N–H and O–H groups in total. The smallest absolute Gasteiger partial charge is 0.269 e. The Kier molecular flexibility index (Phi) is 6.29. The van der Waals surface area contributed by atoms with Crippen LogP contribution in [0.25, 0.3) is 0 Å². The number of non-ortho nitro benzene ring substituents is 2. The monoisotopic (exact) mass is 388 g/mol. The summed E-state index contributed by atoms with van der Waals surface area (Å²) in [6.07, 6.45) is -0.455. The average molecular weight is 388 g/mol. The van der Waals surface area contributed by atoms with Gasteiger partial charge in [-0.05, 0) is 37.1 Å². The summed E-state index contributed by atoms with van der Waals surface area (Å²) in [4.78, 5) is 45.8. The predicted octanol–water partition coefficient (Wildman–Crippen LogP) is 2.07. The van der Waals surface area contributed by atoms with E-state index in [-0.39, 0.29) is 35.5 Å². The summed E-state index contributed by atoms with van der Waals surface area (Å²) in [5.41, 5.74) is -3.31. The van der Waals surface area contributed by atoms with E-state index in [1.165, 1.54) is 0 Å². The predicted molar refractivity (Wildman–Crippen MR) is 96.1 cm³/mol. The number of hydrogen-bond acceptors (Lipinski definition) is 8. The average Bonchev–Trinajstić information content (AvgIpc) is 2.71. The number of carbonyl (C=O) groups is 2. The molecule has 0 aliphatic heterocycles. The van der Waals surface area contributed by atoms with Gasteiger partial charge in [-0.15, -0.1) is 0 Å². The normalized spacial score (nSPS) is 11.1. The zero-order valence-electron chi connectivity index (χ0n) is 14.5. The van der Waals surface area contributed by atoms with E-state index in [0.29, 0.717) is 0 Å². The molecule has 0 unspecified atom stereocenters. The van der Waals surface area contributed by atoms with Crippen molar-refractivity contribution in [3.05, 3.63) is 79.9 Å². The fourth-order valence-electron chi connectivity index (χ4n) is 2.61. The number of nitro groups is 2. The highest BCUT2D eigenvalue weighted by Gasteiger charge is 2.44. The Morgan fingerprint density at radius 3 is 1.46 bits per heavy atom. The number of nitrogens with zero attached hydrogens (tertiary/aromatic N) is 2. The molecule has 28 heavy (non-hydrogen) atoms. The first-order valence-corrected chi connectivity index (χ1v) is 8.12. The van der Waals surface area contributed by atoms with Crippen LogP contribution in [0.2, 0.25) is 0 Å². The Bertz CT molecular complexity index is 837. The zero-order chi connectivity index (χ0) is 20.9. The molecular weight excluding hydrogens is 372 g/mol. The zero-order valence-corrected chi connectivity index (χ0v) is 14.5. The SMILES string of the molecule is O=C(c1ccc([N+](=O)[O-])cc1)C(O)(CCCO)C(=O)c1ccc([N+](=O)[O-])cc1. The first kappa shape index (κ1) is 20.8. The summed E-state index contributed by atoms with van der Waals surface area (Å²) in [5, 5.41) is 41.4. The second-order valence-corrected chi connectivity index (χ2v) is 5.95. The van der Waals surface area contributed by atoms with Crippen LogP contribution < -0.4 is 0 Å². The number of Topliss-reactive ketones (excluding diaryl/α,β-unsaturated/α-hetero) is 2. The van der Waals surface area contributed by atoms with Crippen LogP contribution in [0.4, 0.5) is 11.4 Å². The van der Waals surface area contributed by atoms with E-state index in [0.717, 1.165) is 48.5 Å². The molecule has 0 radical (unpaired) electrons. The summed E-state index contributed by atoms with van der Waals surface area (Å²) in [6.45, 7) is -0.386. The van der Waals surface area contributed by atoms with Crippen molar-refractivity contribution in [2.75, 3.05) is 6.61 Å². The molecule has 2 rings (SSSR count). The third-order valence-corrected chi connectivity index (χ3v) is 4.13. The van der Waals surface area contributed by atoms with Gasteiger partial charge in [0.2, 0.25) is 11.6 Å². The van der Waals surface area contributed by atoms with Gasteiger partial charge < -0.3 is 10.2 Å². The lowest BCUT2D eigenvalue weighted by molar-refractivity contribution is -0.385. The van der Waals surface area contributed by atoms with E-state index < -0.39 is 33.4 Å². The van der Waals surface area contributed by atoms with Gasteiger partial charge in [-0.3, -0.25) is 29.8 Å². The molecule has 0 atom stereocenters. The summed E-state index contributed by atoms with van der Waals surface area (Å²) in [7, 11) is 0. The molecule has 0 saturated heterocycles. The number of aliphatic hydroxyl groups excluding tert-OH is 1. The van der Waals surface area contributed by atoms with E-state index in [1.807, 2.05) is 0 Å². The molecule has 2 aromatic carbocycles. The number of nitro benzene ring substituents is 2. The lowest BCUT2D eigenvalue weighted by atomic mass is 9.82. The van der Waals surface area contributed by atoms with Gasteiger partial charge in [0.15, 0.2) is 5.60 Å². The van der Waals surface area contributed by atoms with Gasteiger partial charge in [0.05, 0.1) is 9.85 Å². The molecule has 0 aliphatic rings. The van der Waals surface area contributed by atoms with Crippen molar-refractivity contribution in [3.8, 4) is 0 Å². The van der Waals surface area contributed by atoms with Crippen molar-refractivity contribution < 1.29 is 29.6 Å². The summed E-state index contributed by atoms with van der Waals surface area (Å²) in [5.74, 6) is -1.97. The van der Waals surface area contributed by atoms with Crippen LogP contribution in [0.1, 0.15) is 33.6 Å². The molecule has 10 heteroatoms. The topological polar surface area (TPSA) is 161 Å². The standard InChI is InChI=1S/C18H16N2O8/c21-11-1-10-18(24,16(22)12-2-6-14(7-3-12)19(25)26)17(23)13-4-8-15(9-5-13)20(27)28/h2-9,21,24H,1,10-11H2. The van der Waals surface area contributed by atoms with Crippen molar-refractivity contribution in [1.29, 1.82) is 0 Å². The second kappa shape index (κ2) is 8.46. The molecule has 0 bridgehead atoms. The quantitative estimate of drug-likeness (QED) is 0.285. The van der Waals surface area contributed by atoms with Gasteiger partial charge in [-0.1, -0.05) is 0 Å². The summed E-state index contributed by atoms with van der Waals surface area (Å²) >= 11 is 0. The van der Waals surface area contributed by atoms with E-state index in [1.54, 1.807) is 0 Å². The minimum absolute atomic E-state index is 0.0616. The van der Waals surface area contributed by atoms with Gasteiger partial charge in [0.1, 0.15) is 0 Å². The second-order valence-electron chi connectivity index (χ2n) is 5.95. The lowest BCUT2D eigenvalue weighted by Gasteiger charge is -2.25. The molecule has 2 aromatic rings. The minimum atomic E-state index is -2.53. The van der Waals surface area contributed by atoms with Crippen LogP contribution >= 0.6 is 0 Å². The Balaban J connectivity index is 2.40. The lowest BCUT2D eigenvalue weighted by Crippen LogP contribution is -2.47. The van der Waals surface area contributed by atoms with E-state index in [9.17, 15) is 34.9 Å². The molecule has 10 nitrogen and oxygen atoms in total. The van der Waals surface area contributed by atoms with Crippen LogP contribution in [0.3, 0.4) is 0 Å². The van der Waals surface area contributed by atoms with Gasteiger partial charge in [0.25, 0.3) is 11.4 Å². The Labute approximate surface area is 158 Å². The first-order valence-electron chi connectivity index (χ1n) is 8.12. The molecule has 0 fully saturated rings. The van der Waals surface area contributed by atoms with Crippen molar-refractivity contribution in [2.24, 2.45) is 0 Å². The van der Waals surface area contributed by atoms with E-state index in [4.69, 9.17) is 5.11 Å². The number of hydrogen-bond donors (Lipinski definition) is 2. The number of rotatable bonds is 9. The summed E-state index contributed by atoms with van der Waals surface area (Å²) < 4.78 is 0. The fourth-order valence-corrected chi connectivity index (χ4v) is 2.61. The van der Waals surface area contributed by atoms with Gasteiger partial charge in [0, 0.05) is 42.0 Å². The third-order valence-electron chi connectivity index (χ3n) is 4.13. The van der Waals surface area contributed by atoms with Gasteiger partial charge >= 0.3 is 0 Å². The highest BCUT2D eigenvalue weighted by molar-refractivity contribution is 6.22. The Hall–Kier alpha value is -3.50. The van der Waals surface area contributed by atoms with E-state index in [2.05, 4.69) is 0 Å². The molecule has 0 heterocycles. The number of aliphatic hydroxyl groups is 2. The van der Waals surface area contributed by atoms with Crippen molar-refractivity contribution >= 4 is 22.9 Å². The molecule has 146 valence electrons. The van der Waals surface area contributed by atoms with Gasteiger partial charge in [-0.25, -0.2) is 0 Å². The molecular formula is C18H16N2O8. The van der Waals surface area contributed by atoms with Crippen LogP contribution in [0.15, 0.2) is 48.5 Å². The Morgan fingerprint density at radius 2 is 1.18 bits per heavy atom. The molecule has 0 amide bonds. The number of ketones is 2. The largest absolute Gasteiger partial charge is 0.396 e. The number of benzene rings is 2. The maximum atomic E-state index is 12.8. The van der Waals surface area contributed by atoms with Crippen LogP contribution in [0.5, 0.6) is 0 Å².